The molecular weight excluding hydrogens is 332 g/mol. The van der Waals surface area contributed by atoms with Gasteiger partial charge in [-0.05, 0) is 41.1 Å². The van der Waals surface area contributed by atoms with Gasteiger partial charge in [0.2, 0.25) is 0 Å². The van der Waals surface area contributed by atoms with E-state index in [1.165, 1.54) is 32.1 Å². The molecule has 0 saturated heterocycles. The minimum absolute atomic E-state index is 0.0721. The molecule has 0 aliphatic heterocycles. The predicted molar refractivity (Wildman–Crippen MR) is 87.4 cm³/mol. The van der Waals surface area contributed by atoms with Gasteiger partial charge in [0.25, 0.3) is 0 Å². The van der Waals surface area contributed by atoms with Crippen molar-refractivity contribution in [3.63, 3.8) is 0 Å². The van der Waals surface area contributed by atoms with Gasteiger partial charge < -0.3 is 9.84 Å². The average Bonchev–Trinajstić information content (AvgIpc) is 2.76. The van der Waals surface area contributed by atoms with Gasteiger partial charge in [-0.2, -0.15) is 5.10 Å². The van der Waals surface area contributed by atoms with Crippen LogP contribution < -0.4 is 0 Å². The average molecular weight is 359 g/mol. The van der Waals surface area contributed by atoms with E-state index in [1.807, 2.05) is 11.7 Å². The van der Waals surface area contributed by atoms with Crippen molar-refractivity contribution in [2.45, 2.75) is 64.1 Å². The first-order valence-electron chi connectivity index (χ1n) is 7.99. The van der Waals surface area contributed by atoms with Crippen LogP contribution in [0.1, 0.15) is 50.4 Å². The van der Waals surface area contributed by atoms with Crippen molar-refractivity contribution >= 4 is 15.9 Å². The van der Waals surface area contributed by atoms with E-state index in [0.29, 0.717) is 12.3 Å². The molecule has 2 rings (SSSR count). The lowest BCUT2D eigenvalue weighted by Gasteiger charge is -2.32. The Bertz CT molecular complexity index is 455. The van der Waals surface area contributed by atoms with Crippen LogP contribution in [0, 0.1) is 5.92 Å². The maximum atomic E-state index is 10.7. The fourth-order valence-electron chi connectivity index (χ4n) is 3.48. The monoisotopic (exact) mass is 358 g/mol. The molecular formula is C16H27BrN2O2. The van der Waals surface area contributed by atoms with E-state index in [-0.39, 0.29) is 6.10 Å². The zero-order valence-electron chi connectivity index (χ0n) is 13.3. The number of aryl methyl sites for hydroxylation is 2. The summed E-state index contributed by atoms with van der Waals surface area (Å²) in [4.78, 5) is 0. The van der Waals surface area contributed by atoms with Crippen molar-refractivity contribution < 1.29 is 9.84 Å². The highest BCUT2D eigenvalue weighted by molar-refractivity contribution is 9.10. The molecule has 0 aromatic carbocycles. The maximum Gasteiger partial charge on any atom is 0.0862 e. The highest BCUT2D eigenvalue weighted by Crippen LogP contribution is 2.31. The third-order valence-corrected chi connectivity index (χ3v) is 5.59. The molecule has 0 bridgehead atoms. The Morgan fingerprint density at radius 3 is 2.57 bits per heavy atom. The number of nitrogens with zero attached hydrogens (tertiary/aromatic N) is 2. The normalized spacial score (nSPS) is 19.7. The molecule has 2 unspecified atom stereocenters. The summed E-state index contributed by atoms with van der Waals surface area (Å²) in [5, 5.41) is 15.2. The van der Waals surface area contributed by atoms with E-state index in [4.69, 9.17) is 4.74 Å². The Labute approximate surface area is 136 Å². The number of rotatable bonds is 6. The van der Waals surface area contributed by atoms with E-state index in [0.717, 1.165) is 22.3 Å². The maximum absolute atomic E-state index is 10.7. The standard InChI is InChI=1S/C16H27BrN2O2/c1-4-12-15(17)13(19(2)18-12)10-14(20)16(21-3)11-8-6-5-7-9-11/h11,14,16,20H,4-10H2,1-3H3. The Morgan fingerprint density at radius 2 is 2.05 bits per heavy atom. The first kappa shape index (κ1) is 17.0. The van der Waals surface area contributed by atoms with E-state index in [1.54, 1.807) is 7.11 Å². The third-order valence-electron chi connectivity index (χ3n) is 4.67. The number of hydrogen-bond donors (Lipinski definition) is 1. The number of hydrogen-bond acceptors (Lipinski definition) is 3. The minimum atomic E-state index is -0.477. The Morgan fingerprint density at radius 1 is 1.38 bits per heavy atom. The second-order valence-corrected chi connectivity index (χ2v) is 6.85. The molecule has 1 aliphatic rings. The van der Waals surface area contributed by atoms with Gasteiger partial charge in [0.15, 0.2) is 0 Å². The fourth-order valence-corrected chi connectivity index (χ4v) is 4.26. The lowest BCUT2D eigenvalue weighted by Crippen LogP contribution is -2.38. The topological polar surface area (TPSA) is 47.3 Å². The van der Waals surface area contributed by atoms with Crippen LogP contribution in [-0.4, -0.2) is 34.2 Å². The zero-order chi connectivity index (χ0) is 15.4. The zero-order valence-corrected chi connectivity index (χ0v) is 14.9. The molecule has 1 heterocycles. The molecule has 120 valence electrons. The molecule has 2 atom stereocenters. The Hall–Kier alpha value is -0.390. The summed E-state index contributed by atoms with van der Waals surface area (Å²) in [6, 6.07) is 0. The van der Waals surface area contributed by atoms with Gasteiger partial charge in [0.1, 0.15) is 0 Å². The second-order valence-electron chi connectivity index (χ2n) is 6.05. The van der Waals surface area contributed by atoms with E-state index >= 15 is 0 Å². The lowest BCUT2D eigenvalue weighted by atomic mass is 9.82. The molecule has 0 radical (unpaired) electrons. The first-order chi connectivity index (χ1) is 10.1. The third kappa shape index (κ3) is 3.88. The van der Waals surface area contributed by atoms with Crippen LogP contribution in [0.5, 0.6) is 0 Å². The van der Waals surface area contributed by atoms with Crippen LogP contribution in [0.25, 0.3) is 0 Å². The van der Waals surface area contributed by atoms with Crippen LogP contribution in [-0.2, 0) is 24.6 Å². The predicted octanol–water partition coefficient (Wildman–Crippen LogP) is 3.24. The number of methoxy groups -OCH3 is 1. The summed E-state index contributed by atoms with van der Waals surface area (Å²) in [6.07, 6.45) is 7.09. The second kappa shape index (κ2) is 7.75. The van der Waals surface area contributed by atoms with Crippen LogP contribution in [0.4, 0.5) is 0 Å². The summed E-state index contributed by atoms with van der Waals surface area (Å²) in [5.74, 6) is 0.483. The van der Waals surface area contributed by atoms with Gasteiger partial charge in [-0.3, -0.25) is 4.68 Å². The molecule has 21 heavy (non-hydrogen) atoms. The first-order valence-corrected chi connectivity index (χ1v) is 8.78. The highest BCUT2D eigenvalue weighted by atomic mass is 79.9. The van der Waals surface area contributed by atoms with Gasteiger partial charge >= 0.3 is 0 Å². The van der Waals surface area contributed by atoms with Crippen molar-refractivity contribution in [2.75, 3.05) is 7.11 Å². The van der Waals surface area contributed by atoms with Crippen molar-refractivity contribution in [3.05, 3.63) is 15.9 Å². The number of halogens is 1. The number of aliphatic hydroxyl groups is 1. The van der Waals surface area contributed by atoms with Crippen LogP contribution in [0.2, 0.25) is 0 Å². The van der Waals surface area contributed by atoms with E-state index in [2.05, 4.69) is 28.0 Å². The van der Waals surface area contributed by atoms with Gasteiger partial charge in [-0.15, -0.1) is 0 Å². The van der Waals surface area contributed by atoms with Gasteiger partial charge in [-0.25, -0.2) is 0 Å². The van der Waals surface area contributed by atoms with Gasteiger partial charge in [0, 0.05) is 20.6 Å². The quantitative estimate of drug-likeness (QED) is 0.848. The SMILES string of the molecule is CCc1nn(C)c(CC(O)C(OC)C2CCCCC2)c1Br. The molecule has 1 aromatic rings. The molecule has 5 heteroatoms. The molecule has 0 spiro atoms. The molecule has 1 aromatic heterocycles. The smallest absolute Gasteiger partial charge is 0.0862 e. The number of aliphatic hydroxyl groups excluding tert-OH is 1. The van der Waals surface area contributed by atoms with Crippen molar-refractivity contribution in [3.8, 4) is 0 Å². The molecule has 1 aliphatic carbocycles. The summed E-state index contributed by atoms with van der Waals surface area (Å²) in [6.45, 7) is 2.09. The van der Waals surface area contributed by atoms with E-state index in [9.17, 15) is 5.11 Å². The van der Waals surface area contributed by atoms with Crippen LogP contribution in [0.3, 0.4) is 0 Å². The molecule has 0 amide bonds. The van der Waals surface area contributed by atoms with Crippen molar-refractivity contribution in [2.24, 2.45) is 13.0 Å². The number of ether oxygens (including phenoxy) is 1. The van der Waals surface area contributed by atoms with Crippen LogP contribution in [0.15, 0.2) is 4.47 Å². The number of aromatic nitrogens is 2. The summed E-state index contributed by atoms with van der Waals surface area (Å²) in [5.41, 5.74) is 2.10. The van der Waals surface area contributed by atoms with Crippen LogP contribution >= 0.6 is 15.9 Å². The lowest BCUT2D eigenvalue weighted by molar-refractivity contribution is -0.0542. The largest absolute Gasteiger partial charge is 0.390 e. The fraction of sp³-hybridized carbons (Fsp3) is 0.812. The van der Waals surface area contributed by atoms with Gasteiger partial charge in [0.05, 0.1) is 28.1 Å². The summed E-state index contributed by atoms with van der Waals surface area (Å²) in [7, 11) is 3.66. The minimum Gasteiger partial charge on any atom is -0.390 e. The Kier molecular flexibility index (Phi) is 6.26. The molecule has 1 fully saturated rings. The Balaban J connectivity index is 2.08. The van der Waals surface area contributed by atoms with Crippen molar-refractivity contribution in [1.29, 1.82) is 0 Å². The molecule has 1 saturated carbocycles. The van der Waals surface area contributed by atoms with E-state index < -0.39 is 6.10 Å². The summed E-state index contributed by atoms with van der Waals surface area (Å²) < 4.78 is 8.55. The molecule has 4 nitrogen and oxygen atoms in total. The molecule has 1 N–H and O–H groups in total. The van der Waals surface area contributed by atoms with Gasteiger partial charge in [-0.1, -0.05) is 26.2 Å². The van der Waals surface area contributed by atoms with Crippen molar-refractivity contribution in [1.82, 2.24) is 9.78 Å². The highest BCUT2D eigenvalue weighted by Gasteiger charge is 2.31. The summed E-state index contributed by atoms with van der Waals surface area (Å²) >= 11 is 3.62.